The van der Waals surface area contributed by atoms with Crippen LogP contribution in [0.3, 0.4) is 0 Å². The molecule has 1 atom stereocenters. The number of ether oxygens (including phenoxy) is 1. The van der Waals surface area contributed by atoms with Crippen molar-refractivity contribution < 1.29 is 4.74 Å². The topological polar surface area (TPSA) is 60.2 Å². The van der Waals surface area contributed by atoms with E-state index in [2.05, 4.69) is 28.8 Å². The maximum absolute atomic E-state index is 5.70. The lowest BCUT2D eigenvalue weighted by atomic mass is 10.0. The van der Waals surface area contributed by atoms with Gasteiger partial charge in [0.2, 0.25) is 0 Å². The van der Waals surface area contributed by atoms with Gasteiger partial charge in [0.15, 0.2) is 0 Å². The molecule has 0 amide bonds. The summed E-state index contributed by atoms with van der Waals surface area (Å²) in [6.07, 6.45) is 1.79. The lowest BCUT2D eigenvalue weighted by Gasteiger charge is -2.16. The first-order valence-corrected chi connectivity index (χ1v) is 7.70. The van der Waals surface area contributed by atoms with Gasteiger partial charge >= 0.3 is 0 Å². The number of rotatable bonds is 7. The minimum absolute atomic E-state index is 0.0470. The summed E-state index contributed by atoms with van der Waals surface area (Å²) in [4.78, 5) is 4.49. The van der Waals surface area contributed by atoms with Gasteiger partial charge in [-0.3, -0.25) is 11.3 Å². The lowest BCUT2D eigenvalue weighted by Crippen LogP contribution is -2.29. The molecule has 0 aliphatic rings. The molecule has 3 N–H and O–H groups in total. The number of hydrazine groups is 1. The molecule has 0 saturated heterocycles. The van der Waals surface area contributed by atoms with Crippen LogP contribution in [0, 0.1) is 6.92 Å². The van der Waals surface area contributed by atoms with Gasteiger partial charge in [0.05, 0.1) is 17.7 Å². The zero-order valence-electron chi connectivity index (χ0n) is 11.9. The van der Waals surface area contributed by atoms with E-state index in [4.69, 9.17) is 10.6 Å². The quantitative estimate of drug-likeness (QED) is 0.608. The van der Waals surface area contributed by atoms with E-state index in [1.54, 1.807) is 11.3 Å². The van der Waals surface area contributed by atoms with E-state index in [1.807, 2.05) is 25.1 Å². The average molecular weight is 291 g/mol. The molecule has 0 aliphatic carbocycles. The van der Waals surface area contributed by atoms with Crippen molar-refractivity contribution in [2.24, 2.45) is 5.84 Å². The molecule has 20 heavy (non-hydrogen) atoms. The van der Waals surface area contributed by atoms with Crippen LogP contribution in [-0.2, 0) is 6.42 Å². The summed E-state index contributed by atoms with van der Waals surface area (Å²) >= 11 is 1.67. The van der Waals surface area contributed by atoms with E-state index in [9.17, 15) is 0 Å². The van der Waals surface area contributed by atoms with Gasteiger partial charge < -0.3 is 4.74 Å². The monoisotopic (exact) mass is 291 g/mol. The highest BCUT2D eigenvalue weighted by molar-refractivity contribution is 7.09. The third-order valence-corrected chi connectivity index (χ3v) is 3.97. The molecule has 1 aromatic heterocycles. The van der Waals surface area contributed by atoms with Crippen molar-refractivity contribution in [3.8, 4) is 5.75 Å². The van der Waals surface area contributed by atoms with Crippen LogP contribution in [0.5, 0.6) is 5.75 Å². The fourth-order valence-corrected chi connectivity index (χ4v) is 2.80. The van der Waals surface area contributed by atoms with Crippen LogP contribution in [-0.4, -0.2) is 11.6 Å². The largest absolute Gasteiger partial charge is 0.494 e. The van der Waals surface area contributed by atoms with Crippen molar-refractivity contribution in [1.29, 1.82) is 0 Å². The van der Waals surface area contributed by atoms with Gasteiger partial charge in [0.1, 0.15) is 5.75 Å². The smallest absolute Gasteiger partial charge is 0.119 e. The highest BCUT2D eigenvalue weighted by Crippen LogP contribution is 2.23. The maximum atomic E-state index is 5.70. The number of aromatic nitrogens is 1. The van der Waals surface area contributed by atoms with Crippen molar-refractivity contribution >= 4 is 11.3 Å². The molecule has 2 rings (SSSR count). The number of thiazole rings is 1. The Morgan fingerprint density at radius 2 is 2.30 bits per heavy atom. The number of hydrogen-bond donors (Lipinski definition) is 2. The number of nitrogens with two attached hydrogens (primary N) is 1. The molecular formula is C15H21N3OS. The summed E-state index contributed by atoms with van der Waals surface area (Å²) in [7, 11) is 0. The molecule has 4 nitrogen and oxygen atoms in total. The summed E-state index contributed by atoms with van der Waals surface area (Å²) in [6.45, 7) is 4.83. The molecule has 0 aliphatic heterocycles. The molecule has 0 fully saturated rings. The summed E-state index contributed by atoms with van der Waals surface area (Å²) in [5, 5.41) is 3.15. The number of aryl methyl sites for hydroxylation is 1. The third-order valence-electron chi connectivity index (χ3n) is 2.98. The summed E-state index contributed by atoms with van der Waals surface area (Å²) in [5.41, 5.74) is 5.05. The standard InChI is InChI=1S/C15H21N3OS/c1-3-7-19-13-6-4-5-12(8-13)14(18-16)9-15-17-11(2)10-20-15/h4-6,8,10,14,18H,3,7,9,16H2,1-2H3. The summed E-state index contributed by atoms with van der Waals surface area (Å²) in [6, 6.07) is 8.12. The number of benzene rings is 1. The Labute approximate surface area is 124 Å². The van der Waals surface area contributed by atoms with Crippen LogP contribution in [0.15, 0.2) is 29.6 Å². The molecule has 0 saturated carbocycles. The second-order valence-corrected chi connectivity index (χ2v) is 5.67. The first kappa shape index (κ1) is 15.0. The molecule has 0 radical (unpaired) electrons. The van der Waals surface area contributed by atoms with Gasteiger partial charge in [-0.05, 0) is 31.0 Å². The van der Waals surface area contributed by atoms with Crippen LogP contribution >= 0.6 is 11.3 Å². The first-order chi connectivity index (χ1) is 9.72. The Hall–Kier alpha value is -1.43. The van der Waals surface area contributed by atoms with E-state index in [-0.39, 0.29) is 6.04 Å². The van der Waals surface area contributed by atoms with Crippen LogP contribution < -0.4 is 16.0 Å². The number of nitrogens with zero attached hydrogens (tertiary/aromatic N) is 1. The minimum Gasteiger partial charge on any atom is -0.494 e. The SMILES string of the molecule is CCCOc1cccc(C(Cc2nc(C)cs2)NN)c1. The van der Waals surface area contributed by atoms with Crippen molar-refractivity contribution in [2.45, 2.75) is 32.7 Å². The Bertz CT molecular complexity index is 541. The van der Waals surface area contributed by atoms with Gasteiger partial charge in [-0.25, -0.2) is 4.98 Å². The van der Waals surface area contributed by atoms with Gasteiger partial charge in [-0.1, -0.05) is 19.1 Å². The van der Waals surface area contributed by atoms with Gasteiger partial charge in [-0.2, -0.15) is 0 Å². The van der Waals surface area contributed by atoms with Gasteiger partial charge in [-0.15, -0.1) is 11.3 Å². The highest BCUT2D eigenvalue weighted by atomic mass is 32.1. The van der Waals surface area contributed by atoms with E-state index in [1.165, 1.54) is 0 Å². The Balaban J connectivity index is 2.10. The van der Waals surface area contributed by atoms with Crippen molar-refractivity contribution in [1.82, 2.24) is 10.4 Å². The van der Waals surface area contributed by atoms with E-state index < -0.39 is 0 Å². The third kappa shape index (κ3) is 4.03. The van der Waals surface area contributed by atoms with Crippen LogP contribution in [0.1, 0.15) is 35.7 Å². The van der Waals surface area contributed by atoms with Gasteiger partial charge in [0.25, 0.3) is 0 Å². The zero-order chi connectivity index (χ0) is 14.4. The molecule has 5 heteroatoms. The molecular weight excluding hydrogens is 270 g/mol. The second kappa shape index (κ2) is 7.38. The van der Waals surface area contributed by atoms with Crippen LogP contribution in [0.25, 0.3) is 0 Å². The summed E-state index contributed by atoms with van der Waals surface area (Å²) in [5.74, 6) is 6.58. The molecule has 0 bridgehead atoms. The Morgan fingerprint density at radius 3 is 2.95 bits per heavy atom. The fraction of sp³-hybridized carbons (Fsp3) is 0.400. The van der Waals surface area contributed by atoms with E-state index in [0.717, 1.165) is 41.5 Å². The molecule has 1 unspecified atom stereocenters. The van der Waals surface area contributed by atoms with Crippen molar-refractivity contribution in [2.75, 3.05) is 6.61 Å². The van der Waals surface area contributed by atoms with E-state index >= 15 is 0 Å². The maximum Gasteiger partial charge on any atom is 0.119 e. The molecule has 2 aromatic rings. The predicted octanol–water partition coefficient (Wildman–Crippen LogP) is 2.99. The fourth-order valence-electron chi connectivity index (χ4n) is 1.99. The predicted molar refractivity (Wildman–Crippen MR) is 82.8 cm³/mol. The molecule has 1 aromatic carbocycles. The van der Waals surface area contributed by atoms with Crippen LogP contribution in [0.2, 0.25) is 0 Å². The van der Waals surface area contributed by atoms with Crippen LogP contribution in [0.4, 0.5) is 0 Å². The zero-order valence-corrected chi connectivity index (χ0v) is 12.7. The second-order valence-electron chi connectivity index (χ2n) is 4.73. The average Bonchev–Trinajstić information content (AvgIpc) is 2.88. The minimum atomic E-state index is 0.0470. The normalized spacial score (nSPS) is 12.3. The molecule has 108 valence electrons. The van der Waals surface area contributed by atoms with Crippen molar-refractivity contribution in [3.63, 3.8) is 0 Å². The van der Waals surface area contributed by atoms with Crippen molar-refractivity contribution in [3.05, 3.63) is 45.9 Å². The first-order valence-electron chi connectivity index (χ1n) is 6.82. The number of nitrogens with one attached hydrogen (secondary N) is 1. The molecule has 1 heterocycles. The number of hydrogen-bond acceptors (Lipinski definition) is 5. The lowest BCUT2D eigenvalue weighted by molar-refractivity contribution is 0.316. The van der Waals surface area contributed by atoms with E-state index in [0.29, 0.717) is 0 Å². The highest BCUT2D eigenvalue weighted by Gasteiger charge is 2.13. The molecule has 0 spiro atoms. The Morgan fingerprint density at radius 1 is 1.45 bits per heavy atom. The van der Waals surface area contributed by atoms with Gasteiger partial charge in [0, 0.05) is 17.5 Å². The Kier molecular flexibility index (Phi) is 5.52. The summed E-state index contributed by atoms with van der Waals surface area (Å²) < 4.78 is 5.66.